The molecule has 5 heteroatoms. The first-order valence-corrected chi connectivity index (χ1v) is 15.2. The molecule has 6 rings (SSSR count). The van der Waals surface area contributed by atoms with Crippen LogP contribution in [0.1, 0.15) is 82.7 Å². The minimum atomic E-state index is -0.0478. The molecule has 0 aromatic heterocycles. The van der Waals surface area contributed by atoms with E-state index < -0.39 is 0 Å². The monoisotopic (exact) mass is 536 g/mol. The normalized spacial score (nSPS) is 23.7. The van der Waals surface area contributed by atoms with Crippen molar-refractivity contribution >= 4 is 29.7 Å². The highest BCUT2D eigenvalue weighted by Crippen LogP contribution is 2.42. The number of rotatable bonds is 5. The summed E-state index contributed by atoms with van der Waals surface area (Å²) in [5, 5.41) is 3.68. The van der Waals surface area contributed by atoms with Crippen LogP contribution < -0.4 is 5.32 Å². The lowest BCUT2D eigenvalue weighted by molar-refractivity contribution is -0.130. The third-order valence-corrected chi connectivity index (χ3v) is 9.80. The number of fused-ring (bicyclic) bond motifs is 2. The summed E-state index contributed by atoms with van der Waals surface area (Å²) in [6.07, 6.45) is 9.78. The molecule has 200 valence electrons. The van der Waals surface area contributed by atoms with Gasteiger partial charge in [0.15, 0.2) is 0 Å². The van der Waals surface area contributed by atoms with Gasteiger partial charge in [-0.1, -0.05) is 79.1 Å². The van der Waals surface area contributed by atoms with E-state index in [1.165, 1.54) is 35.1 Å². The largest absolute Gasteiger partial charge is 0.345 e. The first-order valence-electron chi connectivity index (χ1n) is 14.3. The summed E-state index contributed by atoms with van der Waals surface area (Å²) < 4.78 is 0. The molecule has 1 saturated carbocycles. The van der Waals surface area contributed by atoms with Crippen molar-refractivity contribution in [2.75, 3.05) is 0 Å². The van der Waals surface area contributed by atoms with Gasteiger partial charge in [-0.25, -0.2) is 0 Å². The van der Waals surface area contributed by atoms with E-state index in [-0.39, 0.29) is 17.9 Å². The van der Waals surface area contributed by atoms with E-state index in [1.807, 2.05) is 36.4 Å². The second-order valence-electron chi connectivity index (χ2n) is 11.2. The van der Waals surface area contributed by atoms with Crippen molar-refractivity contribution < 1.29 is 9.59 Å². The molecule has 2 amide bonds. The molecule has 3 aromatic rings. The third kappa shape index (κ3) is 5.69. The van der Waals surface area contributed by atoms with Crippen LogP contribution >= 0.6 is 11.8 Å². The lowest BCUT2D eigenvalue weighted by Crippen LogP contribution is -2.50. The maximum Gasteiger partial charge on any atom is 0.260 e. The summed E-state index contributed by atoms with van der Waals surface area (Å²) in [5.74, 6) is 0.0795. The molecule has 39 heavy (non-hydrogen) atoms. The van der Waals surface area contributed by atoms with Gasteiger partial charge in [-0.2, -0.15) is 0 Å². The predicted octanol–water partition coefficient (Wildman–Crippen LogP) is 7.23. The van der Waals surface area contributed by atoms with Gasteiger partial charge in [0.05, 0.1) is 10.9 Å². The van der Waals surface area contributed by atoms with Crippen molar-refractivity contribution in [3.05, 3.63) is 111 Å². The van der Waals surface area contributed by atoms with Crippen LogP contribution in [0.25, 0.3) is 6.08 Å². The summed E-state index contributed by atoms with van der Waals surface area (Å²) >= 11 is 1.75. The summed E-state index contributed by atoms with van der Waals surface area (Å²) in [4.78, 5) is 29.7. The van der Waals surface area contributed by atoms with E-state index in [1.54, 1.807) is 11.8 Å². The molecule has 3 aromatic carbocycles. The number of thioether (sulfide) groups is 1. The maximum atomic E-state index is 13.7. The Bertz CT molecular complexity index is 1400. The van der Waals surface area contributed by atoms with Gasteiger partial charge >= 0.3 is 0 Å². The fourth-order valence-electron chi connectivity index (χ4n) is 6.40. The Morgan fingerprint density at radius 2 is 1.79 bits per heavy atom. The van der Waals surface area contributed by atoms with Crippen molar-refractivity contribution in [1.29, 1.82) is 0 Å². The van der Waals surface area contributed by atoms with Crippen LogP contribution in [0.5, 0.6) is 0 Å². The number of hydrogen-bond acceptors (Lipinski definition) is 3. The summed E-state index contributed by atoms with van der Waals surface area (Å²) in [6.45, 7) is 2.76. The van der Waals surface area contributed by atoms with Gasteiger partial charge in [0.2, 0.25) is 0 Å². The lowest BCUT2D eigenvalue weighted by atomic mass is 9.87. The van der Waals surface area contributed by atoms with Gasteiger partial charge in [-0.15, -0.1) is 11.8 Å². The van der Waals surface area contributed by atoms with Crippen LogP contribution in [-0.4, -0.2) is 28.0 Å². The van der Waals surface area contributed by atoms with Crippen LogP contribution in [0.15, 0.2) is 77.7 Å². The Balaban J connectivity index is 1.18. The van der Waals surface area contributed by atoms with Crippen LogP contribution in [-0.2, 0) is 17.8 Å². The quantitative estimate of drug-likeness (QED) is 0.350. The van der Waals surface area contributed by atoms with Gasteiger partial charge in [0.1, 0.15) is 0 Å². The standard InChI is InChI=1S/C34H36N2O2S/c1-23-8-6-9-25(20-23)22-36-30-14-4-5-15-31(30)39-32(34(36)38)21-24-16-18-27(19-17-24)33(37)35-29-13-7-11-26-10-2-3-12-28(26)29/h2-3,6,8-10,12,16-21,29-31H,4-5,7,11,13-15,22H2,1H3,(H,35,37)/b32-21+. The van der Waals surface area contributed by atoms with E-state index in [2.05, 4.69) is 59.6 Å². The third-order valence-electron chi connectivity index (χ3n) is 8.40. The van der Waals surface area contributed by atoms with Crippen molar-refractivity contribution in [3.8, 4) is 0 Å². The van der Waals surface area contributed by atoms with Crippen molar-refractivity contribution in [1.82, 2.24) is 10.2 Å². The van der Waals surface area contributed by atoms with Gasteiger partial charge < -0.3 is 10.2 Å². The Morgan fingerprint density at radius 3 is 2.64 bits per heavy atom. The average Bonchev–Trinajstić information content (AvgIpc) is 2.96. The van der Waals surface area contributed by atoms with E-state index in [4.69, 9.17) is 0 Å². The highest BCUT2D eigenvalue weighted by atomic mass is 32.2. The molecule has 1 N–H and O–H groups in total. The summed E-state index contributed by atoms with van der Waals surface area (Å²) in [7, 11) is 0. The molecule has 3 aliphatic rings. The smallest absolute Gasteiger partial charge is 0.260 e. The number of carbonyl (C=O) groups excluding carboxylic acids is 2. The number of carbonyl (C=O) groups is 2. The molecule has 0 bridgehead atoms. The molecular formula is C34H36N2O2S. The highest BCUT2D eigenvalue weighted by Gasteiger charge is 2.40. The van der Waals surface area contributed by atoms with Crippen LogP contribution in [0.2, 0.25) is 0 Å². The highest BCUT2D eigenvalue weighted by molar-refractivity contribution is 8.04. The molecule has 4 nitrogen and oxygen atoms in total. The number of hydrogen-bond donors (Lipinski definition) is 1. The van der Waals surface area contributed by atoms with E-state index >= 15 is 0 Å². The molecule has 2 aliphatic carbocycles. The lowest BCUT2D eigenvalue weighted by Gasteiger charge is -2.44. The minimum Gasteiger partial charge on any atom is -0.345 e. The van der Waals surface area contributed by atoms with E-state index in [0.29, 0.717) is 23.4 Å². The number of nitrogens with zero attached hydrogens (tertiary/aromatic N) is 1. The Labute approximate surface area is 235 Å². The van der Waals surface area contributed by atoms with Gasteiger partial charge in [0.25, 0.3) is 11.8 Å². The van der Waals surface area contributed by atoms with Crippen molar-refractivity contribution in [2.24, 2.45) is 0 Å². The fourth-order valence-corrected chi connectivity index (χ4v) is 7.87. The molecule has 1 aliphatic heterocycles. The van der Waals surface area contributed by atoms with Crippen LogP contribution in [0.4, 0.5) is 0 Å². The van der Waals surface area contributed by atoms with Crippen molar-refractivity contribution in [2.45, 2.75) is 75.7 Å². The van der Waals surface area contributed by atoms with E-state index in [0.717, 1.165) is 42.6 Å². The SMILES string of the molecule is Cc1cccc(CN2C(=O)/C(=C\c3ccc(C(=O)NC4CCCc5ccccc54)cc3)SC3CCCCC32)c1. The van der Waals surface area contributed by atoms with Crippen LogP contribution in [0, 0.1) is 6.92 Å². The second kappa shape index (κ2) is 11.4. The molecule has 2 fully saturated rings. The zero-order valence-electron chi connectivity index (χ0n) is 22.6. The molecule has 3 unspecified atom stereocenters. The zero-order chi connectivity index (χ0) is 26.8. The maximum absolute atomic E-state index is 13.7. The first-order chi connectivity index (χ1) is 19.0. The van der Waals surface area contributed by atoms with Gasteiger partial charge in [-0.05, 0) is 79.5 Å². The fraction of sp³-hybridized carbons (Fsp3) is 0.353. The van der Waals surface area contributed by atoms with Gasteiger partial charge in [0, 0.05) is 23.4 Å². The topological polar surface area (TPSA) is 49.4 Å². The Morgan fingerprint density at radius 1 is 0.974 bits per heavy atom. The predicted molar refractivity (Wildman–Crippen MR) is 159 cm³/mol. The zero-order valence-corrected chi connectivity index (χ0v) is 23.4. The van der Waals surface area contributed by atoms with Crippen LogP contribution in [0.3, 0.4) is 0 Å². The second-order valence-corrected chi connectivity index (χ2v) is 12.5. The molecular weight excluding hydrogens is 500 g/mol. The van der Waals surface area contributed by atoms with E-state index in [9.17, 15) is 9.59 Å². The Hall–Kier alpha value is -3.31. The molecule has 3 atom stereocenters. The minimum absolute atomic E-state index is 0.0478. The Kier molecular flexibility index (Phi) is 7.60. The summed E-state index contributed by atoms with van der Waals surface area (Å²) in [6, 6.07) is 24.9. The number of amides is 2. The summed E-state index contributed by atoms with van der Waals surface area (Å²) in [5.41, 5.74) is 6.59. The number of aryl methyl sites for hydroxylation is 2. The molecule has 0 radical (unpaired) electrons. The average molecular weight is 537 g/mol. The van der Waals surface area contributed by atoms with Crippen molar-refractivity contribution in [3.63, 3.8) is 0 Å². The molecule has 0 spiro atoms. The first kappa shape index (κ1) is 25.9. The van der Waals surface area contributed by atoms with Gasteiger partial charge in [-0.3, -0.25) is 9.59 Å². The molecule has 1 heterocycles. The molecule has 1 saturated heterocycles. The number of nitrogens with one attached hydrogen (secondary N) is 1. The number of benzene rings is 3.